The quantitative estimate of drug-likeness (QED) is 0.405. The molecule has 208 valence electrons. The van der Waals surface area contributed by atoms with E-state index in [9.17, 15) is 41.8 Å². The van der Waals surface area contributed by atoms with E-state index < -0.39 is 60.5 Å². The van der Waals surface area contributed by atoms with Crippen molar-refractivity contribution in [1.29, 1.82) is 0 Å². The maximum Gasteiger partial charge on any atom is 0.522 e. The van der Waals surface area contributed by atoms with Crippen LogP contribution in [0.1, 0.15) is 38.4 Å². The van der Waals surface area contributed by atoms with E-state index in [1.807, 2.05) is 13.8 Å². The number of fused-ring (bicyclic) bond motifs is 1. The minimum absolute atomic E-state index is 0.0981. The number of hydrogen-bond donors (Lipinski definition) is 3. The first-order valence-corrected chi connectivity index (χ1v) is 12.3. The molecule has 1 aromatic rings. The molecule has 3 aliphatic rings. The average Bonchev–Trinajstić information content (AvgIpc) is 3.20. The number of rotatable bonds is 9. The number of piperidine rings is 1. The van der Waals surface area contributed by atoms with E-state index in [0.29, 0.717) is 13.0 Å². The maximum atomic E-state index is 14.2. The maximum absolute atomic E-state index is 14.2. The number of ether oxygens (including phenoxy) is 1. The number of amides is 3. The zero-order valence-electron chi connectivity index (χ0n) is 20.8. The van der Waals surface area contributed by atoms with E-state index in [0.717, 1.165) is 11.0 Å². The number of Topliss-reactive ketones (excluding diaryl/α,β-unsaturated/α-hetero) is 1. The smallest absolute Gasteiger partial charge is 0.378 e. The molecule has 2 saturated heterocycles. The first-order chi connectivity index (χ1) is 17.7. The van der Waals surface area contributed by atoms with E-state index in [1.165, 1.54) is 18.2 Å². The van der Waals surface area contributed by atoms with E-state index in [4.69, 9.17) is 0 Å². The number of carbonyl (C=O) groups excluding carboxylic acids is 4. The molecule has 3 N–H and O–H groups in total. The molecule has 0 spiro atoms. The molecule has 1 saturated carbocycles. The molecule has 6 atom stereocenters. The van der Waals surface area contributed by atoms with E-state index in [-0.39, 0.29) is 41.7 Å². The van der Waals surface area contributed by atoms with Crippen molar-refractivity contribution in [2.24, 2.45) is 23.2 Å². The summed E-state index contributed by atoms with van der Waals surface area (Å²) in [5, 5.41) is 15.6. The molecule has 0 aromatic heterocycles. The van der Waals surface area contributed by atoms with Crippen LogP contribution in [-0.2, 0) is 23.9 Å². The Hall–Kier alpha value is -3.06. The summed E-state index contributed by atoms with van der Waals surface area (Å²) in [7, 11) is 0. The highest BCUT2D eigenvalue weighted by atomic mass is 19.4. The number of likely N-dealkylation sites (tertiary alicyclic amines) is 1. The highest BCUT2D eigenvalue weighted by molar-refractivity contribution is 5.95. The second-order valence-electron chi connectivity index (χ2n) is 10.6. The van der Waals surface area contributed by atoms with Crippen molar-refractivity contribution < 1.29 is 46.6 Å². The van der Waals surface area contributed by atoms with Crippen molar-refractivity contribution >= 4 is 23.5 Å². The van der Waals surface area contributed by atoms with Crippen LogP contribution in [0.4, 0.5) is 17.6 Å². The Balaban J connectivity index is 1.54. The Bertz CT molecular complexity index is 1130. The number of carbonyl (C=O) groups is 4. The van der Waals surface area contributed by atoms with Crippen molar-refractivity contribution in [3.05, 3.63) is 35.6 Å². The number of nitrogens with one attached hydrogen (secondary N) is 2. The summed E-state index contributed by atoms with van der Waals surface area (Å²) in [6, 6.07) is 2.54. The molecule has 9 nitrogen and oxygen atoms in total. The van der Waals surface area contributed by atoms with Gasteiger partial charge in [0.25, 0.3) is 5.91 Å². The third-order valence-corrected chi connectivity index (χ3v) is 7.96. The molecule has 2 heterocycles. The average molecular weight is 544 g/mol. The molecular weight excluding hydrogens is 514 g/mol. The molecule has 1 aliphatic carbocycles. The van der Waals surface area contributed by atoms with Crippen LogP contribution >= 0.6 is 0 Å². The zero-order chi connectivity index (χ0) is 28.0. The van der Waals surface area contributed by atoms with Crippen molar-refractivity contribution in [1.82, 2.24) is 15.5 Å². The first-order valence-electron chi connectivity index (χ1n) is 12.3. The molecule has 1 aromatic carbocycles. The summed E-state index contributed by atoms with van der Waals surface area (Å²) in [6.45, 7) is 2.84. The standard InChI is InChI=1S/C25H29F4N3O6/c1-24(2)14-10-32(23(37)20(34)13-5-3-4-6-15(13)26)19(18(14)24)22(36)31-16(9-12-7-8-30-21(12)35)17(33)11-38-25(27,28)29/h3-6,12,14,16,18-20,34H,7-11H2,1-2H3,(H,30,35)(H,31,36)/t12?,14-,16?,18-,19-,20?/m0/s1. The molecule has 4 rings (SSSR count). The summed E-state index contributed by atoms with van der Waals surface area (Å²) in [4.78, 5) is 52.6. The van der Waals surface area contributed by atoms with Crippen molar-refractivity contribution in [2.45, 2.75) is 51.2 Å². The van der Waals surface area contributed by atoms with Gasteiger partial charge in [-0.1, -0.05) is 32.0 Å². The van der Waals surface area contributed by atoms with Crippen LogP contribution in [0.3, 0.4) is 0 Å². The SMILES string of the molecule is CC1(C)[C@@H]2[C@@H](C(=O)NC(CC3CCNC3=O)C(=O)COC(F)(F)F)N(C(=O)C(O)c3ccccc3F)C[C@@H]21. The Morgan fingerprint density at radius 3 is 2.55 bits per heavy atom. The molecule has 13 heteroatoms. The van der Waals surface area contributed by atoms with Gasteiger partial charge in [-0.05, 0) is 36.2 Å². The van der Waals surface area contributed by atoms with Gasteiger partial charge in [0.1, 0.15) is 18.5 Å². The molecular formula is C25H29F4N3O6. The second-order valence-corrected chi connectivity index (χ2v) is 10.6. The third kappa shape index (κ3) is 5.53. The topological polar surface area (TPSA) is 125 Å². The van der Waals surface area contributed by atoms with Gasteiger partial charge in [-0.15, -0.1) is 13.2 Å². The van der Waals surface area contributed by atoms with E-state index >= 15 is 0 Å². The monoisotopic (exact) mass is 543 g/mol. The van der Waals surface area contributed by atoms with Gasteiger partial charge in [-0.2, -0.15) is 0 Å². The summed E-state index contributed by atoms with van der Waals surface area (Å²) >= 11 is 0. The lowest BCUT2D eigenvalue weighted by atomic mass is 9.94. The lowest BCUT2D eigenvalue weighted by Crippen LogP contribution is -2.55. The molecule has 3 amide bonds. The fraction of sp³-hybridized carbons (Fsp3) is 0.600. The van der Waals surface area contributed by atoms with Crippen LogP contribution in [0, 0.1) is 29.0 Å². The number of aliphatic hydroxyl groups excluding tert-OH is 1. The van der Waals surface area contributed by atoms with Crippen LogP contribution in [0.2, 0.25) is 0 Å². The van der Waals surface area contributed by atoms with Gasteiger partial charge in [0.15, 0.2) is 11.9 Å². The van der Waals surface area contributed by atoms with Crippen molar-refractivity contribution in [3.63, 3.8) is 0 Å². The van der Waals surface area contributed by atoms with Crippen LogP contribution in [0.5, 0.6) is 0 Å². The van der Waals surface area contributed by atoms with Gasteiger partial charge in [0, 0.05) is 24.6 Å². The minimum atomic E-state index is -5.07. The molecule has 38 heavy (non-hydrogen) atoms. The van der Waals surface area contributed by atoms with E-state index in [2.05, 4.69) is 15.4 Å². The number of halogens is 4. The minimum Gasteiger partial charge on any atom is -0.378 e. The fourth-order valence-electron chi connectivity index (χ4n) is 5.74. The number of hydrogen-bond acceptors (Lipinski definition) is 6. The highest BCUT2D eigenvalue weighted by Gasteiger charge is 2.69. The predicted octanol–water partition coefficient (Wildman–Crippen LogP) is 1.46. The van der Waals surface area contributed by atoms with Crippen LogP contribution in [-0.4, -0.2) is 71.7 Å². The van der Waals surface area contributed by atoms with Gasteiger partial charge in [-0.3, -0.25) is 23.9 Å². The summed E-state index contributed by atoms with van der Waals surface area (Å²) < 4.78 is 55.6. The molecule has 2 aliphatic heterocycles. The molecule has 3 unspecified atom stereocenters. The zero-order valence-corrected chi connectivity index (χ0v) is 20.8. The summed E-state index contributed by atoms with van der Waals surface area (Å²) in [5.41, 5.74) is -0.618. The number of ketones is 1. The van der Waals surface area contributed by atoms with Crippen molar-refractivity contribution in [3.8, 4) is 0 Å². The number of nitrogens with zero attached hydrogens (tertiary/aromatic N) is 1. The molecule has 3 fully saturated rings. The van der Waals surface area contributed by atoms with Crippen LogP contribution < -0.4 is 10.6 Å². The highest BCUT2D eigenvalue weighted by Crippen LogP contribution is 2.65. The van der Waals surface area contributed by atoms with Gasteiger partial charge in [-0.25, -0.2) is 4.39 Å². The Labute approximate surface area is 215 Å². The summed E-state index contributed by atoms with van der Waals surface area (Å²) in [6.07, 6.45) is -6.86. The van der Waals surface area contributed by atoms with E-state index in [1.54, 1.807) is 0 Å². The molecule has 0 bridgehead atoms. The molecule has 0 radical (unpaired) electrons. The number of benzene rings is 1. The predicted molar refractivity (Wildman–Crippen MR) is 122 cm³/mol. The fourth-order valence-corrected chi connectivity index (χ4v) is 5.74. The van der Waals surface area contributed by atoms with Crippen molar-refractivity contribution in [2.75, 3.05) is 19.7 Å². The number of alkyl halides is 3. The van der Waals surface area contributed by atoms with Gasteiger partial charge in [0.05, 0.1) is 6.04 Å². The van der Waals surface area contributed by atoms with Crippen LogP contribution in [0.15, 0.2) is 24.3 Å². The van der Waals surface area contributed by atoms with Gasteiger partial charge < -0.3 is 20.6 Å². The normalized spacial score (nSPS) is 27.3. The Morgan fingerprint density at radius 2 is 1.95 bits per heavy atom. The largest absolute Gasteiger partial charge is 0.522 e. The van der Waals surface area contributed by atoms with Gasteiger partial charge >= 0.3 is 6.36 Å². The third-order valence-electron chi connectivity index (χ3n) is 7.96. The Kier molecular flexibility index (Phi) is 7.54. The Morgan fingerprint density at radius 1 is 1.26 bits per heavy atom. The first kappa shape index (κ1) is 28.0. The number of aliphatic hydroxyl groups is 1. The van der Waals surface area contributed by atoms with Gasteiger partial charge in [0.2, 0.25) is 11.8 Å². The second kappa shape index (κ2) is 10.3. The lowest BCUT2D eigenvalue weighted by molar-refractivity contribution is -0.321. The lowest BCUT2D eigenvalue weighted by Gasteiger charge is -2.33. The summed E-state index contributed by atoms with van der Waals surface area (Å²) in [5.74, 6) is -5.15. The van der Waals surface area contributed by atoms with Crippen LogP contribution in [0.25, 0.3) is 0 Å².